The zero-order valence-electron chi connectivity index (χ0n) is 25.5. The van der Waals surface area contributed by atoms with Crippen molar-refractivity contribution in [1.29, 1.82) is 0 Å². The second-order valence-electron chi connectivity index (χ2n) is 12.6. The normalized spacial score (nSPS) is 29.9. The Kier molecular flexibility index (Phi) is 6.50. The molecule has 10 heteroatoms. The molecule has 2 aromatic carbocycles. The molecule has 1 N–H and O–H groups in total. The van der Waals surface area contributed by atoms with Gasteiger partial charge in [-0.05, 0) is 72.8 Å². The third-order valence-corrected chi connectivity index (χ3v) is 9.66. The molecule has 2 aliphatic heterocycles. The minimum absolute atomic E-state index is 0.00201. The first-order valence-electron chi connectivity index (χ1n) is 14.3. The van der Waals surface area contributed by atoms with Gasteiger partial charge in [-0.15, -0.1) is 0 Å². The van der Waals surface area contributed by atoms with E-state index in [1.807, 2.05) is 32.8 Å². The summed E-state index contributed by atoms with van der Waals surface area (Å²) in [6.07, 6.45) is -1.68. The van der Waals surface area contributed by atoms with Crippen molar-refractivity contribution in [3.05, 3.63) is 73.6 Å². The largest absolute Gasteiger partial charge is 0.507 e. The summed E-state index contributed by atoms with van der Waals surface area (Å²) >= 11 is 0. The Labute approximate surface area is 248 Å². The van der Waals surface area contributed by atoms with E-state index in [9.17, 15) is 24.3 Å². The van der Waals surface area contributed by atoms with Crippen LogP contribution in [0.1, 0.15) is 95.9 Å². The number of esters is 1. The number of fused-ring (bicyclic) bond motifs is 4. The van der Waals surface area contributed by atoms with Crippen LogP contribution in [0.2, 0.25) is 0 Å². The zero-order chi connectivity index (χ0) is 31.3. The van der Waals surface area contributed by atoms with Crippen LogP contribution in [0.3, 0.4) is 0 Å². The number of carbonyl (C=O) groups is 3. The Morgan fingerprint density at radius 3 is 2.33 bits per heavy atom. The predicted octanol–water partition coefficient (Wildman–Crippen LogP) is 4.32. The quantitative estimate of drug-likeness (QED) is 0.271. The fourth-order valence-electron chi connectivity index (χ4n) is 6.72. The van der Waals surface area contributed by atoms with E-state index in [2.05, 4.69) is 0 Å². The van der Waals surface area contributed by atoms with Gasteiger partial charge in [0, 0.05) is 29.7 Å². The van der Waals surface area contributed by atoms with Crippen LogP contribution in [0, 0.1) is 6.92 Å². The maximum atomic E-state index is 14.2. The average molecular weight is 590 g/mol. The maximum Gasteiger partial charge on any atom is 0.303 e. The van der Waals surface area contributed by atoms with E-state index >= 15 is 0 Å². The number of ether oxygens (including phenoxy) is 3. The van der Waals surface area contributed by atoms with Gasteiger partial charge >= 0.3 is 5.97 Å². The Hall–Kier alpha value is -3.86. The average Bonchev–Trinajstić information content (AvgIpc) is 3.55. The van der Waals surface area contributed by atoms with Gasteiger partial charge in [0.25, 0.3) is 0 Å². The molecule has 0 bridgehead atoms. The zero-order valence-corrected chi connectivity index (χ0v) is 25.5. The number of likely N-dealkylation sites (N-methyl/N-ethyl adjacent to an activating group) is 1. The second-order valence-corrected chi connectivity index (χ2v) is 12.6. The number of epoxide rings is 1. The summed E-state index contributed by atoms with van der Waals surface area (Å²) in [4.78, 5) is 55.2. The number of aryl methyl sites for hydroxylation is 1. The van der Waals surface area contributed by atoms with Crippen molar-refractivity contribution < 1.29 is 38.1 Å². The Morgan fingerprint density at radius 1 is 1.05 bits per heavy atom. The van der Waals surface area contributed by atoms with E-state index < -0.39 is 47.0 Å². The molecule has 1 aliphatic carbocycles. The van der Waals surface area contributed by atoms with Gasteiger partial charge in [0.1, 0.15) is 28.8 Å². The molecular formula is C33H35NO9. The van der Waals surface area contributed by atoms with Crippen LogP contribution in [-0.4, -0.2) is 65.5 Å². The monoisotopic (exact) mass is 589 g/mol. The van der Waals surface area contributed by atoms with Crippen molar-refractivity contribution in [2.24, 2.45) is 0 Å². The van der Waals surface area contributed by atoms with Crippen molar-refractivity contribution in [2.45, 2.75) is 83.5 Å². The highest BCUT2D eigenvalue weighted by atomic mass is 16.6. The molecule has 0 amide bonds. The van der Waals surface area contributed by atoms with Gasteiger partial charge in [-0.25, -0.2) is 0 Å². The Morgan fingerprint density at radius 2 is 1.72 bits per heavy atom. The van der Waals surface area contributed by atoms with E-state index in [-0.39, 0.29) is 56.3 Å². The standard InChI is InChI=1S/C33H35NO9/c1-14-11-20-26(30-24(14)21(36)12-23(42-30)33(6)16(3)43-33)29(39)25-19(27(20)37)10-9-18(28(25)38)22-13-32(5,34(7)8)31(15(2)40-22)41-17(4)35/h9-12,15-16,22,31,38H,13H2,1-8H3/t15-,16-,22-,31-,32-,33-/m0/s1. The second kappa shape index (κ2) is 9.57. The first-order chi connectivity index (χ1) is 20.1. The van der Waals surface area contributed by atoms with E-state index in [0.717, 1.165) is 0 Å². The maximum absolute atomic E-state index is 14.2. The van der Waals surface area contributed by atoms with Gasteiger partial charge in [0.05, 0.1) is 40.4 Å². The van der Waals surface area contributed by atoms with Gasteiger partial charge in [-0.1, -0.05) is 6.07 Å². The first-order valence-corrected chi connectivity index (χ1v) is 14.3. The van der Waals surface area contributed by atoms with E-state index in [4.69, 9.17) is 18.6 Å². The van der Waals surface area contributed by atoms with Crippen LogP contribution in [-0.2, 0) is 24.6 Å². The molecule has 6 rings (SSSR count). The fourth-order valence-corrected chi connectivity index (χ4v) is 6.72. The fraction of sp³-hybridized carbons (Fsp3) is 0.455. The van der Waals surface area contributed by atoms with E-state index in [1.54, 1.807) is 26.8 Å². The molecule has 2 fully saturated rings. The lowest BCUT2D eigenvalue weighted by molar-refractivity contribution is -0.201. The highest BCUT2D eigenvalue weighted by Crippen LogP contribution is 2.48. The number of hydrogen-bond acceptors (Lipinski definition) is 10. The summed E-state index contributed by atoms with van der Waals surface area (Å²) in [6, 6.07) is 6.03. The molecule has 0 unspecified atom stereocenters. The highest BCUT2D eigenvalue weighted by molar-refractivity contribution is 6.32. The van der Waals surface area contributed by atoms with Crippen molar-refractivity contribution >= 4 is 28.5 Å². The summed E-state index contributed by atoms with van der Waals surface area (Å²) in [5, 5.41) is 11.8. The predicted molar refractivity (Wildman–Crippen MR) is 156 cm³/mol. The van der Waals surface area contributed by atoms with Crippen LogP contribution < -0.4 is 5.43 Å². The van der Waals surface area contributed by atoms with Crippen LogP contribution in [0.25, 0.3) is 11.0 Å². The molecule has 1 aromatic heterocycles. The number of carbonyl (C=O) groups excluding carboxylic acids is 3. The molecule has 3 aliphatic rings. The molecule has 10 nitrogen and oxygen atoms in total. The number of phenolic OH excluding ortho intramolecular Hbond substituents is 1. The molecule has 6 atom stereocenters. The first kappa shape index (κ1) is 29.2. The summed E-state index contributed by atoms with van der Waals surface area (Å²) in [5.41, 5.74) is -1.07. The van der Waals surface area contributed by atoms with Gasteiger partial charge in [-0.2, -0.15) is 0 Å². The van der Waals surface area contributed by atoms with Crippen molar-refractivity contribution in [3.8, 4) is 5.75 Å². The van der Waals surface area contributed by atoms with E-state index in [0.29, 0.717) is 17.5 Å². The molecule has 3 heterocycles. The molecule has 2 saturated heterocycles. The molecule has 0 saturated carbocycles. The topological polar surface area (TPSA) is 136 Å². The van der Waals surface area contributed by atoms with Crippen LogP contribution in [0.5, 0.6) is 5.75 Å². The lowest BCUT2D eigenvalue weighted by Crippen LogP contribution is -2.61. The number of nitrogens with zero attached hydrogens (tertiary/aromatic N) is 1. The third-order valence-electron chi connectivity index (χ3n) is 9.66. The highest BCUT2D eigenvalue weighted by Gasteiger charge is 2.53. The van der Waals surface area contributed by atoms with Gasteiger partial charge in [0.15, 0.2) is 11.2 Å². The number of rotatable bonds is 4. The van der Waals surface area contributed by atoms with Gasteiger partial charge < -0.3 is 28.6 Å². The summed E-state index contributed by atoms with van der Waals surface area (Å²) in [7, 11) is 3.75. The molecule has 0 spiro atoms. The van der Waals surface area contributed by atoms with Gasteiger partial charge in [0.2, 0.25) is 5.78 Å². The molecule has 3 aromatic rings. The number of benzene rings is 2. The lowest BCUT2D eigenvalue weighted by atomic mass is 9.77. The minimum Gasteiger partial charge on any atom is -0.507 e. The van der Waals surface area contributed by atoms with Crippen molar-refractivity contribution in [1.82, 2.24) is 4.90 Å². The molecule has 226 valence electrons. The molecule has 0 radical (unpaired) electrons. The van der Waals surface area contributed by atoms with Crippen LogP contribution in [0.15, 0.2) is 33.5 Å². The number of ketones is 2. The number of phenols is 1. The van der Waals surface area contributed by atoms with Crippen LogP contribution in [0.4, 0.5) is 0 Å². The Bertz CT molecular complexity index is 1810. The van der Waals surface area contributed by atoms with E-state index in [1.165, 1.54) is 25.1 Å². The molecular weight excluding hydrogens is 554 g/mol. The Balaban J connectivity index is 1.49. The lowest BCUT2D eigenvalue weighted by Gasteiger charge is -2.50. The smallest absolute Gasteiger partial charge is 0.303 e. The SMILES string of the molecule is CC(=O)O[C@H]1[C@H](C)O[C@H](c2ccc3c(c2O)C(=O)c2c(cc(C)c4c(=O)cc([C@@]5(C)O[C@H]5C)oc24)C3=O)C[C@]1(C)N(C)C. The van der Waals surface area contributed by atoms with Crippen molar-refractivity contribution in [2.75, 3.05) is 14.1 Å². The number of aromatic hydroxyl groups is 1. The minimum atomic E-state index is -0.822. The van der Waals surface area contributed by atoms with Crippen LogP contribution >= 0.6 is 0 Å². The summed E-state index contributed by atoms with van der Waals surface area (Å²) < 4.78 is 23.8. The van der Waals surface area contributed by atoms with Gasteiger partial charge in [-0.3, -0.25) is 19.2 Å². The van der Waals surface area contributed by atoms with Crippen molar-refractivity contribution in [3.63, 3.8) is 0 Å². The molecule has 43 heavy (non-hydrogen) atoms. The summed E-state index contributed by atoms with van der Waals surface area (Å²) in [5.74, 6) is -1.62. The number of hydrogen-bond donors (Lipinski definition) is 1. The summed E-state index contributed by atoms with van der Waals surface area (Å²) in [6.45, 7) is 10.4. The third kappa shape index (κ3) is 4.18.